The lowest BCUT2D eigenvalue weighted by Crippen LogP contribution is -2.21. The Morgan fingerprint density at radius 2 is 2.19 bits per heavy atom. The molecule has 0 aliphatic carbocycles. The fourth-order valence-corrected chi connectivity index (χ4v) is 1.40. The van der Waals surface area contributed by atoms with Gasteiger partial charge < -0.3 is 15.2 Å². The van der Waals surface area contributed by atoms with E-state index in [2.05, 4.69) is 29.1 Å². The van der Waals surface area contributed by atoms with E-state index in [1.54, 1.807) is 13.2 Å². The molecule has 90 valence electrons. The molecule has 0 fully saturated rings. The Bertz CT molecular complexity index is 318. The van der Waals surface area contributed by atoms with Crippen LogP contribution in [0.4, 0.5) is 5.82 Å². The fraction of sp³-hybridized carbons (Fsp3) is 0.636. The molecule has 0 aromatic carbocycles. The number of nitrogens with one attached hydrogen (secondary N) is 1. The van der Waals surface area contributed by atoms with E-state index in [1.807, 2.05) is 0 Å². The molecule has 1 heterocycles. The molecule has 0 spiro atoms. The van der Waals surface area contributed by atoms with Gasteiger partial charge in [0.05, 0.1) is 13.2 Å². The molecule has 5 heteroatoms. The quantitative estimate of drug-likeness (QED) is 0.764. The molecule has 5 nitrogen and oxygen atoms in total. The summed E-state index contributed by atoms with van der Waals surface area (Å²) in [6.07, 6.45) is 1.84. The van der Waals surface area contributed by atoms with Crippen molar-refractivity contribution in [3.8, 4) is 5.88 Å². The maximum absolute atomic E-state index is 9.67. The Kier molecular flexibility index (Phi) is 4.98. The van der Waals surface area contributed by atoms with Crippen molar-refractivity contribution in [2.24, 2.45) is 5.92 Å². The van der Waals surface area contributed by atoms with Crippen LogP contribution in [0.3, 0.4) is 0 Å². The molecule has 0 bridgehead atoms. The number of aliphatic hydroxyl groups excluding tert-OH is 1. The van der Waals surface area contributed by atoms with Gasteiger partial charge in [-0.05, 0) is 12.3 Å². The lowest BCUT2D eigenvalue weighted by Gasteiger charge is -2.14. The molecule has 1 atom stereocenters. The summed E-state index contributed by atoms with van der Waals surface area (Å²) in [6.45, 7) is 4.65. The minimum atomic E-state index is -0.360. The van der Waals surface area contributed by atoms with E-state index in [9.17, 15) is 5.11 Å². The standard InChI is InChI=1S/C11H19N3O2/c1-8(2)4-9(15)6-12-10-5-11(16-3)14-7-13-10/h5,7-9,15H,4,6H2,1-3H3,(H,12,13,14). The lowest BCUT2D eigenvalue weighted by molar-refractivity contribution is 0.161. The monoisotopic (exact) mass is 225 g/mol. The van der Waals surface area contributed by atoms with Gasteiger partial charge in [-0.15, -0.1) is 0 Å². The third-order valence-corrected chi connectivity index (χ3v) is 2.11. The normalized spacial score (nSPS) is 12.6. The van der Waals surface area contributed by atoms with E-state index in [-0.39, 0.29) is 6.10 Å². The van der Waals surface area contributed by atoms with Gasteiger partial charge in [0.1, 0.15) is 12.1 Å². The fourth-order valence-electron chi connectivity index (χ4n) is 1.40. The lowest BCUT2D eigenvalue weighted by atomic mass is 10.1. The van der Waals surface area contributed by atoms with Crippen molar-refractivity contribution in [1.29, 1.82) is 0 Å². The number of nitrogens with zero attached hydrogens (tertiary/aromatic N) is 2. The molecule has 16 heavy (non-hydrogen) atoms. The Hall–Kier alpha value is -1.36. The largest absolute Gasteiger partial charge is 0.481 e. The minimum Gasteiger partial charge on any atom is -0.481 e. The average molecular weight is 225 g/mol. The smallest absolute Gasteiger partial charge is 0.218 e. The highest BCUT2D eigenvalue weighted by Crippen LogP contribution is 2.11. The van der Waals surface area contributed by atoms with Crippen LogP contribution in [0.15, 0.2) is 12.4 Å². The van der Waals surface area contributed by atoms with Gasteiger partial charge in [0.15, 0.2) is 0 Å². The van der Waals surface area contributed by atoms with Crippen molar-refractivity contribution in [3.05, 3.63) is 12.4 Å². The molecule has 1 rings (SSSR count). The van der Waals surface area contributed by atoms with Crippen LogP contribution in [-0.4, -0.2) is 34.8 Å². The summed E-state index contributed by atoms with van der Waals surface area (Å²) in [5.41, 5.74) is 0. The Morgan fingerprint density at radius 1 is 1.44 bits per heavy atom. The predicted octanol–water partition coefficient (Wildman–Crippen LogP) is 1.30. The highest BCUT2D eigenvalue weighted by molar-refractivity contribution is 5.36. The summed E-state index contributed by atoms with van der Waals surface area (Å²) in [4.78, 5) is 7.92. The maximum Gasteiger partial charge on any atom is 0.218 e. The molecular weight excluding hydrogens is 206 g/mol. The van der Waals surface area contributed by atoms with Crippen molar-refractivity contribution in [2.75, 3.05) is 19.0 Å². The van der Waals surface area contributed by atoms with Crippen LogP contribution in [0.25, 0.3) is 0 Å². The second-order valence-electron chi connectivity index (χ2n) is 4.11. The van der Waals surface area contributed by atoms with E-state index in [0.29, 0.717) is 24.2 Å². The summed E-state index contributed by atoms with van der Waals surface area (Å²) in [5.74, 6) is 1.65. The van der Waals surface area contributed by atoms with Gasteiger partial charge in [-0.2, -0.15) is 0 Å². The Balaban J connectivity index is 2.41. The number of aromatic nitrogens is 2. The average Bonchev–Trinajstić information content (AvgIpc) is 2.26. The number of anilines is 1. The van der Waals surface area contributed by atoms with Gasteiger partial charge in [0.25, 0.3) is 0 Å². The van der Waals surface area contributed by atoms with Crippen LogP contribution < -0.4 is 10.1 Å². The van der Waals surface area contributed by atoms with Crippen LogP contribution in [-0.2, 0) is 0 Å². The van der Waals surface area contributed by atoms with Gasteiger partial charge >= 0.3 is 0 Å². The van der Waals surface area contributed by atoms with Gasteiger partial charge in [0.2, 0.25) is 5.88 Å². The summed E-state index contributed by atoms with van der Waals surface area (Å²) < 4.78 is 4.97. The number of hydrogen-bond donors (Lipinski definition) is 2. The molecule has 1 unspecified atom stereocenters. The summed E-state index contributed by atoms with van der Waals surface area (Å²) in [5, 5.41) is 12.7. The van der Waals surface area contributed by atoms with Gasteiger partial charge in [0, 0.05) is 12.6 Å². The first-order valence-corrected chi connectivity index (χ1v) is 5.39. The van der Waals surface area contributed by atoms with Gasteiger partial charge in [-0.25, -0.2) is 9.97 Å². The van der Waals surface area contributed by atoms with E-state index < -0.39 is 0 Å². The maximum atomic E-state index is 9.67. The second-order valence-corrected chi connectivity index (χ2v) is 4.11. The van der Waals surface area contributed by atoms with Crippen LogP contribution in [0.2, 0.25) is 0 Å². The van der Waals surface area contributed by atoms with Crippen LogP contribution in [0.1, 0.15) is 20.3 Å². The molecule has 2 N–H and O–H groups in total. The number of methoxy groups -OCH3 is 1. The number of ether oxygens (including phenoxy) is 1. The zero-order valence-corrected chi connectivity index (χ0v) is 9.97. The van der Waals surface area contributed by atoms with Crippen molar-refractivity contribution < 1.29 is 9.84 Å². The molecule has 0 saturated carbocycles. The van der Waals surface area contributed by atoms with E-state index in [1.165, 1.54) is 6.33 Å². The molecule has 0 radical (unpaired) electrons. The highest BCUT2D eigenvalue weighted by Gasteiger charge is 2.07. The first kappa shape index (κ1) is 12.7. The third-order valence-electron chi connectivity index (χ3n) is 2.11. The van der Waals surface area contributed by atoms with Crippen LogP contribution >= 0.6 is 0 Å². The van der Waals surface area contributed by atoms with Crippen molar-refractivity contribution in [2.45, 2.75) is 26.4 Å². The zero-order valence-electron chi connectivity index (χ0n) is 9.97. The minimum absolute atomic E-state index is 0.360. The number of aliphatic hydroxyl groups is 1. The van der Waals surface area contributed by atoms with Crippen LogP contribution in [0.5, 0.6) is 5.88 Å². The molecular formula is C11H19N3O2. The topological polar surface area (TPSA) is 67.3 Å². The molecule has 1 aromatic heterocycles. The zero-order chi connectivity index (χ0) is 12.0. The van der Waals surface area contributed by atoms with Crippen molar-refractivity contribution in [1.82, 2.24) is 9.97 Å². The summed E-state index contributed by atoms with van der Waals surface area (Å²) in [7, 11) is 1.56. The Labute approximate surface area is 95.9 Å². The van der Waals surface area contributed by atoms with Gasteiger partial charge in [-0.1, -0.05) is 13.8 Å². The van der Waals surface area contributed by atoms with Crippen molar-refractivity contribution in [3.63, 3.8) is 0 Å². The summed E-state index contributed by atoms with van der Waals surface area (Å²) in [6, 6.07) is 1.70. The SMILES string of the molecule is COc1cc(NCC(O)CC(C)C)ncn1. The first-order chi connectivity index (χ1) is 7.61. The van der Waals surface area contributed by atoms with Crippen molar-refractivity contribution >= 4 is 5.82 Å². The third kappa shape index (κ3) is 4.44. The van der Waals surface area contributed by atoms with Crippen LogP contribution in [0, 0.1) is 5.92 Å². The summed E-state index contributed by atoms with van der Waals surface area (Å²) >= 11 is 0. The van der Waals surface area contributed by atoms with E-state index in [4.69, 9.17) is 4.74 Å². The second kappa shape index (κ2) is 6.27. The number of hydrogen-bond acceptors (Lipinski definition) is 5. The first-order valence-electron chi connectivity index (χ1n) is 5.39. The van der Waals surface area contributed by atoms with Gasteiger partial charge in [-0.3, -0.25) is 0 Å². The molecule has 0 aliphatic rings. The number of rotatable bonds is 6. The molecule has 0 saturated heterocycles. The molecule has 0 aliphatic heterocycles. The van der Waals surface area contributed by atoms with E-state index >= 15 is 0 Å². The Morgan fingerprint density at radius 3 is 2.81 bits per heavy atom. The predicted molar refractivity (Wildman–Crippen MR) is 62.5 cm³/mol. The molecule has 0 amide bonds. The highest BCUT2D eigenvalue weighted by atomic mass is 16.5. The van der Waals surface area contributed by atoms with E-state index in [0.717, 1.165) is 6.42 Å². The molecule has 1 aromatic rings.